The number of nitrogens with zero attached hydrogens (tertiary/aromatic N) is 1. The maximum Gasteiger partial charge on any atom is 0.232 e. The van der Waals surface area contributed by atoms with E-state index in [2.05, 4.69) is 15.6 Å². The molecule has 1 aliphatic heterocycles. The van der Waals surface area contributed by atoms with E-state index in [0.717, 1.165) is 36.1 Å². The molecule has 19 heavy (non-hydrogen) atoms. The van der Waals surface area contributed by atoms with Crippen molar-refractivity contribution in [1.82, 2.24) is 10.3 Å². The Kier molecular flexibility index (Phi) is 3.24. The van der Waals surface area contributed by atoms with E-state index in [1.165, 1.54) is 11.3 Å². The maximum atomic E-state index is 12.4. The van der Waals surface area contributed by atoms with E-state index in [0.29, 0.717) is 5.13 Å². The smallest absolute Gasteiger partial charge is 0.232 e. The zero-order valence-corrected chi connectivity index (χ0v) is 11.7. The second-order valence-electron chi connectivity index (χ2n) is 5.25. The molecule has 0 spiro atoms. The lowest BCUT2D eigenvalue weighted by molar-refractivity contribution is -0.126. The number of benzene rings is 1. The van der Waals surface area contributed by atoms with Crippen LogP contribution in [0.25, 0.3) is 10.2 Å². The van der Waals surface area contributed by atoms with Gasteiger partial charge in [-0.25, -0.2) is 4.98 Å². The van der Waals surface area contributed by atoms with E-state index < -0.39 is 0 Å². The van der Waals surface area contributed by atoms with Gasteiger partial charge in [0.1, 0.15) is 0 Å². The Balaban J connectivity index is 1.78. The molecule has 1 aromatic heterocycles. The number of hydrogen-bond donors (Lipinski definition) is 2. The zero-order valence-electron chi connectivity index (χ0n) is 10.9. The summed E-state index contributed by atoms with van der Waals surface area (Å²) in [5.74, 6) is 0.0908. The van der Waals surface area contributed by atoms with Crippen LogP contribution < -0.4 is 10.6 Å². The molecule has 0 bridgehead atoms. The van der Waals surface area contributed by atoms with Gasteiger partial charge >= 0.3 is 0 Å². The monoisotopic (exact) mass is 275 g/mol. The number of hydrogen-bond acceptors (Lipinski definition) is 4. The molecule has 4 nitrogen and oxygen atoms in total. The molecule has 2 aromatic rings. The number of piperidine rings is 1. The Morgan fingerprint density at radius 3 is 2.84 bits per heavy atom. The van der Waals surface area contributed by atoms with E-state index >= 15 is 0 Å². The first-order valence-electron chi connectivity index (χ1n) is 6.55. The van der Waals surface area contributed by atoms with Gasteiger partial charge in [-0.15, -0.1) is 0 Å². The van der Waals surface area contributed by atoms with Crippen molar-refractivity contribution >= 4 is 32.6 Å². The minimum absolute atomic E-state index is 0.0908. The highest BCUT2D eigenvalue weighted by Gasteiger charge is 2.34. The molecule has 2 N–H and O–H groups in total. The highest BCUT2D eigenvalue weighted by atomic mass is 32.1. The molecule has 0 aliphatic carbocycles. The molecular weight excluding hydrogens is 258 g/mol. The molecule has 0 radical (unpaired) electrons. The fraction of sp³-hybridized carbons (Fsp3) is 0.429. The third-order valence-corrected chi connectivity index (χ3v) is 4.72. The highest BCUT2D eigenvalue weighted by molar-refractivity contribution is 7.22. The molecule has 1 aromatic carbocycles. The molecule has 2 heterocycles. The van der Waals surface area contributed by atoms with Crippen LogP contribution in [0.1, 0.15) is 19.8 Å². The predicted molar refractivity (Wildman–Crippen MR) is 78.5 cm³/mol. The van der Waals surface area contributed by atoms with Crippen LogP contribution >= 0.6 is 11.3 Å². The zero-order chi connectivity index (χ0) is 13.3. The topological polar surface area (TPSA) is 54.0 Å². The minimum atomic E-state index is -0.275. The minimum Gasteiger partial charge on any atom is -0.317 e. The Bertz CT molecular complexity index is 569. The van der Waals surface area contributed by atoms with E-state index in [-0.39, 0.29) is 11.3 Å². The number of aromatic nitrogens is 1. The van der Waals surface area contributed by atoms with Crippen molar-refractivity contribution < 1.29 is 4.79 Å². The summed E-state index contributed by atoms with van der Waals surface area (Å²) in [4.78, 5) is 16.8. The summed E-state index contributed by atoms with van der Waals surface area (Å²) in [5, 5.41) is 6.97. The molecule has 1 amide bonds. The van der Waals surface area contributed by atoms with E-state index in [1.54, 1.807) is 0 Å². The van der Waals surface area contributed by atoms with Crippen molar-refractivity contribution in [3.05, 3.63) is 24.3 Å². The second-order valence-corrected chi connectivity index (χ2v) is 6.28. The molecule has 0 unspecified atom stereocenters. The molecule has 100 valence electrons. The summed E-state index contributed by atoms with van der Waals surface area (Å²) < 4.78 is 1.10. The van der Waals surface area contributed by atoms with E-state index in [9.17, 15) is 4.79 Å². The van der Waals surface area contributed by atoms with Gasteiger partial charge in [0.15, 0.2) is 5.13 Å². The Morgan fingerprint density at radius 2 is 2.11 bits per heavy atom. The van der Waals surface area contributed by atoms with Crippen molar-refractivity contribution in [2.45, 2.75) is 19.8 Å². The number of fused-ring (bicyclic) bond motifs is 1. The van der Waals surface area contributed by atoms with Gasteiger partial charge in [0, 0.05) is 5.41 Å². The molecule has 3 rings (SSSR count). The number of amides is 1. The summed E-state index contributed by atoms with van der Waals surface area (Å²) in [6, 6.07) is 7.94. The largest absolute Gasteiger partial charge is 0.317 e. The van der Waals surface area contributed by atoms with Gasteiger partial charge in [-0.1, -0.05) is 30.4 Å². The van der Waals surface area contributed by atoms with Gasteiger partial charge in [0.05, 0.1) is 10.2 Å². The first-order chi connectivity index (χ1) is 9.17. The number of nitrogens with one attached hydrogen (secondary N) is 2. The Labute approximate surface area is 116 Å². The molecular formula is C14H17N3OS. The summed E-state index contributed by atoms with van der Waals surface area (Å²) >= 11 is 1.53. The summed E-state index contributed by atoms with van der Waals surface area (Å²) in [5.41, 5.74) is 0.668. The van der Waals surface area contributed by atoms with Crippen LogP contribution in [0.5, 0.6) is 0 Å². The van der Waals surface area contributed by atoms with Gasteiger partial charge in [-0.3, -0.25) is 4.79 Å². The van der Waals surface area contributed by atoms with Crippen molar-refractivity contribution in [1.29, 1.82) is 0 Å². The lowest BCUT2D eigenvalue weighted by Gasteiger charge is -2.32. The highest BCUT2D eigenvalue weighted by Crippen LogP contribution is 2.31. The second kappa shape index (κ2) is 4.90. The van der Waals surface area contributed by atoms with Crippen LogP contribution in [0.3, 0.4) is 0 Å². The number of anilines is 1. The molecule has 5 heteroatoms. The van der Waals surface area contributed by atoms with Crippen LogP contribution in [-0.2, 0) is 4.79 Å². The maximum absolute atomic E-state index is 12.4. The number of carbonyl (C=O) groups excluding carboxylic acids is 1. The lowest BCUT2D eigenvalue weighted by Crippen LogP contribution is -2.42. The molecule has 1 aliphatic rings. The molecule has 0 saturated carbocycles. The Morgan fingerprint density at radius 1 is 1.37 bits per heavy atom. The van der Waals surface area contributed by atoms with Crippen molar-refractivity contribution in [3.63, 3.8) is 0 Å². The van der Waals surface area contributed by atoms with Gasteiger partial charge in [0.25, 0.3) is 0 Å². The third-order valence-electron chi connectivity index (χ3n) is 3.77. The fourth-order valence-corrected chi connectivity index (χ4v) is 3.24. The summed E-state index contributed by atoms with van der Waals surface area (Å²) in [6.45, 7) is 3.85. The molecule has 1 saturated heterocycles. The first kappa shape index (κ1) is 12.6. The average Bonchev–Trinajstić information content (AvgIpc) is 2.81. The van der Waals surface area contributed by atoms with Crippen molar-refractivity contribution in [3.8, 4) is 0 Å². The summed E-state index contributed by atoms with van der Waals surface area (Å²) in [7, 11) is 0. The number of thiazole rings is 1. The van der Waals surface area contributed by atoms with Crippen LogP contribution in [0.15, 0.2) is 24.3 Å². The number of carbonyl (C=O) groups is 1. The predicted octanol–water partition coefficient (Wildman–Crippen LogP) is 2.62. The van der Waals surface area contributed by atoms with Crippen molar-refractivity contribution in [2.75, 3.05) is 18.4 Å². The van der Waals surface area contributed by atoms with Crippen LogP contribution in [0.2, 0.25) is 0 Å². The van der Waals surface area contributed by atoms with Crippen LogP contribution in [-0.4, -0.2) is 24.0 Å². The standard InChI is InChI=1S/C14H17N3OS/c1-14(6-8-15-9-7-14)12(18)17-13-16-10-4-2-3-5-11(10)19-13/h2-5,15H,6-9H2,1H3,(H,16,17,18). The quantitative estimate of drug-likeness (QED) is 0.886. The van der Waals surface area contributed by atoms with Crippen molar-refractivity contribution in [2.24, 2.45) is 5.41 Å². The SMILES string of the molecule is CC1(C(=O)Nc2nc3ccccc3s2)CCNCC1. The van der Waals surface area contributed by atoms with E-state index in [4.69, 9.17) is 0 Å². The molecule has 1 fully saturated rings. The Hall–Kier alpha value is -1.46. The van der Waals surface area contributed by atoms with Gasteiger partial charge in [-0.2, -0.15) is 0 Å². The van der Waals surface area contributed by atoms with Crippen LogP contribution in [0, 0.1) is 5.41 Å². The van der Waals surface area contributed by atoms with Gasteiger partial charge in [-0.05, 0) is 38.1 Å². The van der Waals surface area contributed by atoms with Gasteiger partial charge in [0.2, 0.25) is 5.91 Å². The fourth-order valence-electron chi connectivity index (χ4n) is 2.38. The molecule has 0 atom stereocenters. The first-order valence-corrected chi connectivity index (χ1v) is 7.37. The number of para-hydroxylation sites is 1. The summed E-state index contributed by atoms with van der Waals surface area (Å²) in [6.07, 6.45) is 1.76. The van der Waals surface area contributed by atoms with Gasteiger partial charge < -0.3 is 10.6 Å². The lowest BCUT2D eigenvalue weighted by atomic mass is 9.80. The average molecular weight is 275 g/mol. The van der Waals surface area contributed by atoms with E-state index in [1.807, 2.05) is 31.2 Å². The third kappa shape index (κ3) is 2.48. The number of rotatable bonds is 2. The van der Waals surface area contributed by atoms with Crippen LogP contribution in [0.4, 0.5) is 5.13 Å². The normalized spacial score (nSPS) is 18.4.